The van der Waals surface area contributed by atoms with E-state index in [9.17, 15) is 0 Å². The average Bonchev–Trinajstić information content (AvgIpc) is 2.92. The fraction of sp³-hybridized carbons (Fsp3) is 0.800. The molecule has 5 heteroatoms. The van der Waals surface area contributed by atoms with E-state index < -0.39 is 0 Å². The van der Waals surface area contributed by atoms with E-state index in [0.29, 0.717) is 12.6 Å². The number of piperidine rings is 1. The van der Waals surface area contributed by atoms with Crippen LogP contribution in [0.1, 0.15) is 32.0 Å². The number of aliphatic hydroxyl groups excluding tert-OH is 1. The third-order valence-corrected chi connectivity index (χ3v) is 4.36. The summed E-state index contributed by atoms with van der Waals surface area (Å²) in [5.41, 5.74) is 0. The van der Waals surface area contributed by atoms with Gasteiger partial charge in [0.05, 0.1) is 6.54 Å². The lowest BCUT2D eigenvalue weighted by Gasteiger charge is -2.36. The average molecular weight is 280 g/mol. The SMILES string of the molecule is CCn1ccnc1CN1CCC(N(C)CCCO)CC1. The molecule has 5 nitrogen and oxygen atoms in total. The number of nitrogens with zero attached hydrogens (tertiary/aromatic N) is 4. The van der Waals surface area contributed by atoms with E-state index in [1.807, 2.05) is 6.20 Å². The van der Waals surface area contributed by atoms with Crippen molar-refractivity contribution in [3.8, 4) is 0 Å². The molecule has 1 aromatic rings. The molecule has 0 aromatic carbocycles. The Kier molecular flexibility index (Phi) is 6.01. The summed E-state index contributed by atoms with van der Waals surface area (Å²) in [7, 11) is 2.18. The molecular weight excluding hydrogens is 252 g/mol. The fourth-order valence-electron chi connectivity index (χ4n) is 3.00. The van der Waals surface area contributed by atoms with Crippen LogP contribution in [0, 0.1) is 0 Å². The normalized spacial score (nSPS) is 18.0. The maximum absolute atomic E-state index is 8.90. The van der Waals surface area contributed by atoms with Gasteiger partial charge in [0.15, 0.2) is 0 Å². The van der Waals surface area contributed by atoms with E-state index in [1.54, 1.807) is 0 Å². The Balaban J connectivity index is 1.77. The zero-order valence-corrected chi connectivity index (χ0v) is 12.8. The minimum absolute atomic E-state index is 0.295. The molecule has 0 spiro atoms. The molecule has 0 atom stereocenters. The number of likely N-dealkylation sites (tertiary alicyclic amines) is 1. The number of rotatable bonds is 7. The van der Waals surface area contributed by atoms with Crippen LogP contribution in [-0.2, 0) is 13.1 Å². The van der Waals surface area contributed by atoms with Crippen LogP contribution in [0.15, 0.2) is 12.4 Å². The first-order valence-corrected chi connectivity index (χ1v) is 7.78. The van der Waals surface area contributed by atoms with Gasteiger partial charge in [0.25, 0.3) is 0 Å². The van der Waals surface area contributed by atoms with E-state index in [2.05, 4.69) is 39.5 Å². The number of hydrogen-bond donors (Lipinski definition) is 1. The minimum Gasteiger partial charge on any atom is -0.396 e. The summed E-state index contributed by atoms with van der Waals surface area (Å²) in [4.78, 5) is 9.37. The lowest BCUT2D eigenvalue weighted by Crippen LogP contribution is -2.43. The molecule has 1 saturated heterocycles. The minimum atomic E-state index is 0.295. The molecule has 20 heavy (non-hydrogen) atoms. The summed E-state index contributed by atoms with van der Waals surface area (Å²) in [5, 5.41) is 8.90. The van der Waals surface area contributed by atoms with Crippen molar-refractivity contribution in [3.05, 3.63) is 18.2 Å². The van der Waals surface area contributed by atoms with Crippen LogP contribution in [0.2, 0.25) is 0 Å². The van der Waals surface area contributed by atoms with E-state index in [0.717, 1.165) is 39.1 Å². The van der Waals surface area contributed by atoms with Gasteiger partial charge in [-0.2, -0.15) is 0 Å². The summed E-state index contributed by atoms with van der Waals surface area (Å²) in [6, 6.07) is 0.670. The zero-order valence-electron chi connectivity index (χ0n) is 12.8. The Morgan fingerprint density at radius 1 is 1.40 bits per heavy atom. The van der Waals surface area contributed by atoms with Gasteiger partial charge in [0.2, 0.25) is 0 Å². The Morgan fingerprint density at radius 3 is 2.80 bits per heavy atom. The first-order chi connectivity index (χ1) is 9.74. The van der Waals surface area contributed by atoms with Gasteiger partial charge in [-0.25, -0.2) is 4.98 Å². The third-order valence-electron chi connectivity index (χ3n) is 4.36. The van der Waals surface area contributed by atoms with Crippen molar-refractivity contribution >= 4 is 0 Å². The molecule has 1 fully saturated rings. The van der Waals surface area contributed by atoms with Crippen LogP contribution in [-0.4, -0.2) is 63.8 Å². The first-order valence-electron chi connectivity index (χ1n) is 7.78. The van der Waals surface area contributed by atoms with Crippen LogP contribution in [0.5, 0.6) is 0 Å². The second-order valence-corrected chi connectivity index (χ2v) is 5.69. The second-order valence-electron chi connectivity index (χ2n) is 5.69. The highest BCUT2D eigenvalue weighted by molar-refractivity contribution is 4.93. The number of imidazole rings is 1. The summed E-state index contributed by atoms with van der Waals surface area (Å²) < 4.78 is 2.22. The van der Waals surface area contributed by atoms with E-state index >= 15 is 0 Å². The van der Waals surface area contributed by atoms with Crippen LogP contribution in [0.3, 0.4) is 0 Å². The van der Waals surface area contributed by atoms with Crippen molar-refractivity contribution in [2.45, 2.75) is 45.3 Å². The maximum atomic E-state index is 8.90. The molecule has 1 aromatic heterocycles. The van der Waals surface area contributed by atoms with E-state index in [4.69, 9.17) is 5.11 Å². The Morgan fingerprint density at radius 2 is 2.15 bits per heavy atom. The van der Waals surface area contributed by atoms with Gasteiger partial charge in [-0.3, -0.25) is 4.90 Å². The number of hydrogen-bond acceptors (Lipinski definition) is 4. The van der Waals surface area contributed by atoms with Gasteiger partial charge in [-0.1, -0.05) is 0 Å². The summed E-state index contributed by atoms with van der Waals surface area (Å²) in [5.74, 6) is 1.18. The molecule has 1 aliphatic heterocycles. The quantitative estimate of drug-likeness (QED) is 0.814. The van der Waals surface area contributed by atoms with Crippen LogP contribution in [0.25, 0.3) is 0 Å². The first kappa shape index (κ1) is 15.5. The molecule has 0 aliphatic carbocycles. The standard InChI is InChI=1S/C15H28N4O/c1-3-19-11-7-16-15(19)13-18-9-5-14(6-10-18)17(2)8-4-12-20/h7,11,14,20H,3-6,8-10,12-13H2,1-2H3. The van der Waals surface area contributed by atoms with E-state index in [-0.39, 0.29) is 0 Å². The van der Waals surface area contributed by atoms with E-state index in [1.165, 1.54) is 18.7 Å². The number of aromatic nitrogens is 2. The largest absolute Gasteiger partial charge is 0.396 e. The van der Waals surface area contributed by atoms with Gasteiger partial charge in [0, 0.05) is 51.2 Å². The molecule has 1 N–H and O–H groups in total. The highest BCUT2D eigenvalue weighted by Crippen LogP contribution is 2.17. The monoisotopic (exact) mass is 280 g/mol. The van der Waals surface area contributed by atoms with Crippen molar-refractivity contribution in [2.75, 3.05) is 33.3 Å². The van der Waals surface area contributed by atoms with Crippen molar-refractivity contribution in [1.82, 2.24) is 19.4 Å². The second kappa shape index (κ2) is 7.76. The molecule has 2 rings (SSSR count). The molecule has 114 valence electrons. The van der Waals surface area contributed by atoms with Crippen molar-refractivity contribution in [1.29, 1.82) is 0 Å². The highest BCUT2D eigenvalue weighted by Gasteiger charge is 2.22. The molecular formula is C15H28N4O. The summed E-state index contributed by atoms with van der Waals surface area (Å²) in [6.07, 6.45) is 7.27. The predicted octanol–water partition coefficient (Wildman–Crippen LogP) is 1.18. The summed E-state index contributed by atoms with van der Waals surface area (Å²) >= 11 is 0. The molecule has 1 aliphatic rings. The highest BCUT2D eigenvalue weighted by atomic mass is 16.3. The lowest BCUT2D eigenvalue weighted by molar-refractivity contribution is 0.115. The molecule has 0 bridgehead atoms. The van der Waals surface area contributed by atoms with Gasteiger partial charge in [-0.05, 0) is 33.2 Å². The van der Waals surface area contributed by atoms with Gasteiger partial charge in [0.1, 0.15) is 5.82 Å². The molecule has 0 saturated carbocycles. The molecule has 0 amide bonds. The zero-order chi connectivity index (χ0) is 14.4. The topological polar surface area (TPSA) is 44.5 Å². The molecule has 2 heterocycles. The summed E-state index contributed by atoms with van der Waals surface area (Å²) in [6.45, 7) is 7.71. The number of aliphatic hydroxyl groups is 1. The molecule has 0 unspecified atom stereocenters. The lowest BCUT2D eigenvalue weighted by atomic mass is 10.0. The Bertz CT molecular complexity index is 385. The third kappa shape index (κ3) is 4.04. The maximum Gasteiger partial charge on any atom is 0.122 e. The molecule has 0 radical (unpaired) electrons. The Hall–Kier alpha value is -0.910. The fourth-order valence-corrected chi connectivity index (χ4v) is 3.00. The van der Waals surface area contributed by atoms with Crippen LogP contribution < -0.4 is 0 Å². The van der Waals surface area contributed by atoms with Gasteiger partial charge in [-0.15, -0.1) is 0 Å². The van der Waals surface area contributed by atoms with Gasteiger partial charge >= 0.3 is 0 Å². The predicted molar refractivity (Wildman–Crippen MR) is 80.5 cm³/mol. The number of aryl methyl sites for hydroxylation is 1. The van der Waals surface area contributed by atoms with Crippen molar-refractivity contribution in [3.63, 3.8) is 0 Å². The van der Waals surface area contributed by atoms with Crippen molar-refractivity contribution in [2.24, 2.45) is 0 Å². The van der Waals surface area contributed by atoms with Crippen LogP contribution in [0.4, 0.5) is 0 Å². The Labute approximate surface area is 122 Å². The van der Waals surface area contributed by atoms with Gasteiger partial charge < -0.3 is 14.6 Å². The van der Waals surface area contributed by atoms with Crippen LogP contribution >= 0.6 is 0 Å². The van der Waals surface area contributed by atoms with Crippen molar-refractivity contribution < 1.29 is 5.11 Å². The smallest absolute Gasteiger partial charge is 0.122 e.